The summed E-state index contributed by atoms with van der Waals surface area (Å²) in [6.07, 6.45) is -6.27. The predicted molar refractivity (Wildman–Crippen MR) is 62.3 cm³/mol. The normalized spacial score (nSPS) is 25.1. The van der Waals surface area contributed by atoms with Gasteiger partial charge in [0.25, 0.3) is 5.91 Å². The number of hydrogen-bond acceptors (Lipinski definition) is 5. The molecule has 0 aliphatic carbocycles. The van der Waals surface area contributed by atoms with Crippen molar-refractivity contribution >= 4 is 5.91 Å². The van der Waals surface area contributed by atoms with Crippen LogP contribution in [0, 0.1) is 0 Å². The van der Waals surface area contributed by atoms with Crippen LogP contribution in [0.1, 0.15) is 10.5 Å². The third-order valence-corrected chi connectivity index (χ3v) is 3.38. The minimum Gasteiger partial charge on any atom is -0.502 e. The molecular weight excluding hydrogens is 295 g/mol. The van der Waals surface area contributed by atoms with Gasteiger partial charge in [-0.05, 0) is 0 Å². The zero-order chi connectivity index (χ0) is 15.4. The number of nitrogens with one attached hydrogen (secondary N) is 1. The summed E-state index contributed by atoms with van der Waals surface area (Å²) in [6, 6.07) is 1.04. The maximum Gasteiger partial charge on any atom is 0.416 e. The van der Waals surface area contributed by atoms with Crippen LogP contribution in [0.4, 0.5) is 13.2 Å². The van der Waals surface area contributed by atoms with Crippen LogP contribution in [0.5, 0.6) is 5.75 Å². The second-order valence-corrected chi connectivity index (χ2v) is 4.71. The van der Waals surface area contributed by atoms with Gasteiger partial charge in [0.2, 0.25) is 5.43 Å². The quantitative estimate of drug-likeness (QED) is 0.696. The van der Waals surface area contributed by atoms with Crippen molar-refractivity contribution in [2.75, 3.05) is 18.6 Å². The molecule has 2 N–H and O–H groups in total. The Hall–Kier alpha value is -2.23. The van der Waals surface area contributed by atoms with E-state index in [1.54, 1.807) is 0 Å². The summed E-state index contributed by atoms with van der Waals surface area (Å²) < 4.78 is 43.9. The number of rotatable bonds is 0. The van der Waals surface area contributed by atoms with E-state index in [-0.39, 0.29) is 12.3 Å². The monoisotopic (exact) mass is 305 g/mol. The first-order chi connectivity index (χ1) is 9.79. The lowest BCUT2D eigenvalue weighted by molar-refractivity contribution is -0.239. The Morgan fingerprint density at radius 3 is 2.76 bits per heavy atom. The highest BCUT2D eigenvalue weighted by molar-refractivity contribution is 5.96. The number of ether oxygens (including phenoxy) is 1. The Labute approximate surface area is 115 Å². The zero-order valence-corrected chi connectivity index (χ0v) is 10.4. The lowest BCUT2D eigenvalue weighted by Crippen LogP contribution is -2.63. The van der Waals surface area contributed by atoms with E-state index >= 15 is 0 Å². The van der Waals surface area contributed by atoms with E-state index in [1.807, 2.05) is 0 Å². The number of aromatic nitrogens is 1. The van der Waals surface area contributed by atoms with Gasteiger partial charge in [-0.3, -0.25) is 14.3 Å². The summed E-state index contributed by atoms with van der Waals surface area (Å²) in [4.78, 5) is 24.5. The second-order valence-electron chi connectivity index (χ2n) is 4.71. The Morgan fingerprint density at radius 2 is 2.10 bits per heavy atom. The predicted octanol–water partition coefficient (Wildman–Crippen LogP) is -0.160. The molecule has 0 saturated carbocycles. The first-order valence-corrected chi connectivity index (χ1v) is 5.99. The number of nitrogens with zero attached hydrogens (tertiary/aromatic N) is 2. The molecule has 0 spiro atoms. The van der Waals surface area contributed by atoms with E-state index in [1.165, 1.54) is 6.20 Å². The van der Waals surface area contributed by atoms with Crippen molar-refractivity contribution in [3.05, 3.63) is 28.2 Å². The summed E-state index contributed by atoms with van der Waals surface area (Å²) in [7, 11) is 0. The lowest BCUT2D eigenvalue weighted by atomic mass is 10.1. The highest BCUT2D eigenvalue weighted by Crippen LogP contribution is 2.30. The number of morpholine rings is 1. The van der Waals surface area contributed by atoms with E-state index in [0.717, 1.165) is 15.6 Å². The zero-order valence-electron chi connectivity index (χ0n) is 10.4. The number of carbonyl (C=O) groups is 1. The largest absolute Gasteiger partial charge is 0.502 e. The van der Waals surface area contributed by atoms with Crippen molar-refractivity contribution in [3.8, 4) is 5.75 Å². The molecule has 0 aromatic carbocycles. The van der Waals surface area contributed by atoms with Gasteiger partial charge in [0.1, 0.15) is 6.17 Å². The van der Waals surface area contributed by atoms with Gasteiger partial charge in [0, 0.05) is 12.3 Å². The smallest absolute Gasteiger partial charge is 0.416 e. The maximum absolute atomic E-state index is 12.7. The molecule has 7 nitrogen and oxygen atoms in total. The molecular formula is C11H10F3N3O4. The van der Waals surface area contributed by atoms with Crippen molar-refractivity contribution in [1.82, 2.24) is 9.58 Å². The van der Waals surface area contributed by atoms with Gasteiger partial charge < -0.3 is 20.2 Å². The molecule has 114 valence electrons. The fourth-order valence-electron chi connectivity index (χ4n) is 2.32. The first kappa shape index (κ1) is 13.7. The number of fused-ring (bicyclic) bond motifs is 2. The van der Waals surface area contributed by atoms with Gasteiger partial charge >= 0.3 is 6.18 Å². The van der Waals surface area contributed by atoms with Crippen molar-refractivity contribution in [2.45, 2.75) is 18.4 Å². The van der Waals surface area contributed by atoms with E-state index in [0.29, 0.717) is 0 Å². The number of halogens is 3. The molecule has 2 atom stereocenters. The third-order valence-electron chi connectivity index (χ3n) is 3.38. The number of carbonyl (C=O) groups excluding carboxylic acids is 1. The van der Waals surface area contributed by atoms with Crippen LogP contribution in [-0.4, -0.2) is 52.2 Å². The van der Waals surface area contributed by atoms with E-state index in [2.05, 4.69) is 5.43 Å². The fourth-order valence-corrected chi connectivity index (χ4v) is 2.32. The Balaban J connectivity index is 1.98. The van der Waals surface area contributed by atoms with Crippen LogP contribution in [0.3, 0.4) is 0 Å². The molecule has 2 aliphatic heterocycles. The van der Waals surface area contributed by atoms with Crippen LogP contribution in [0.2, 0.25) is 0 Å². The van der Waals surface area contributed by atoms with Crippen molar-refractivity contribution in [3.63, 3.8) is 0 Å². The molecule has 3 rings (SSSR count). The van der Waals surface area contributed by atoms with Gasteiger partial charge in [0.05, 0.1) is 13.2 Å². The number of pyridine rings is 1. The SMILES string of the molecule is O=C1c2c(O)c(=O)ccn2NC2COC(C(F)(F)F)CN12. The molecule has 3 heterocycles. The third kappa shape index (κ3) is 2.11. The summed E-state index contributed by atoms with van der Waals surface area (Å²) in [5.74, 6) is -1.66. The topological polar surface area (TPSA) is 83.8 Å². The lowest BCUT2D eigenvalue weighted by Gasteiger charge is -2.44. The summed E-state index contributed by atoms with van der Waals surface area (Å²) in [5.41, 5.74) is 1.53. The van der Waals surface area contributed by atoms with E-state index < -0.39 is 42.1 Å². The fraction of sp³-hybridized carbons (Fsp3) is 0.455. The van der Waals surface area contributed by atoms with Crippen LogP contribution in [0.15, 0.2) is 17.1 Å². The van der Waals surface area contributed by atoms with Gasteiger partial charge in [-0.2, -0.15) is 13.2 Å². The number of hydrogen-bond donors (Lipinski definition) is 2. The van der Waals surface area contributed by atoms with Crippen molar-refractivity contribution in [2.24, 2.45) is 0 Å². The molecule has 1 amide bonds. The van der Waals surface area contributed by atoms with Gasteiger partial charge in [0.15, 0.2) is 17.5 Å². The highest BCUT2D eigenvalue weighted by Gasteiger charge is 2.48. The summed E-state index contributed by atoms with van der Waals surface area (Å²) >= 11 is 0. The van der Waals surface area contributed by atoms with Crippen LogP contribution in [0.25, 0.3) is 0 Å². The van der Waals surface area contributed by atoms with Crippen LogP contribution in [-0.2, 0) is 4.74 Å². The van der Waals surface area contributed by atoms with Crippen LogP contribution < -0.4 is 10.9 Å². The summed E-state index contributed by atoms with van der Waals surface area (Å²) in [5, 5.41) is 9.66. The van der Waals surface area contributed by atoms with Gasteiger partial charge in [-0.15, -0.1) is 0 Å². The molecule has 1 saturated heterocycles. The Bertz CT molecular complexity index is 657. The Kier molecular flexibility index (Phi) is 2.87. The van der Waals surface area contributed by atoms with Crippen molar-refractivity contribution < 1.29 is 27.8 Å². The molecule has 1 aromatic heterocycles. The molecule has 1 aromatic rings. The number of aromatic hydroxyl groups is 1. The first-order valence-electron chi connectivity index (χ1n) is 5.99. The average Bonchev–Trinajstić information content (AvgIpc) is 2.41. The molecule has 2 aliphatic rings. The molecule has 2 unspecified atom stereocenters. The van der Waals surface area contributed by atoms with Crippen LogP contribution >= 0.6 is 0 Å². The van der Waals surface area contributed by atoms with Gasteiger partial charge in [-0.1, -0.05) is 0 Å². The minimum absolute atomic E-state index is 0.359. The molecule has 0 bridgehead atoms. The maximum atomic E-state index is 12.7. The van der Waals surface area contributed by atoms with E-state index in [9.17, 15) is 27.9 Å². The average molecular weight is 305 g/mol. The standard InChI is InChI=1S/C11H10F3N3O4/c12-11(13,14)6-3-16-7(4-21-6)15-17-2-1-5(18)9(19)8(17)10(16)20/h1-2,6-7,15,19H,3-4H2. The summed E-state index contributed by atoms with van der Waals surface area (Å²) in [6.45, 7) is -1.06. The van der Waals surface area contributed by atoms with E-state index in [4.69, 9.17) is 4.74 Å². The van der Waals surface area contributed by atoms with Gasteiger partial charge in [-0.25, -0.2) is 0 Å². The molecule has 0 radical (unpaired) electrons. The number of amides is 1. The minimum atomic E-state index is -4.60. The molecule has 1 fully saturated rings. The second kappa shape index (κ2) is 4.38. The molecule has 21 heavy (non-hydrogen) atoms. The Morgan fingerprint density at radius 1 is 1.38 bits per heavy atom. The number of alkyl halides is 3. The van der Waals surface area contributed by atoms with Crippen molar-refractivity contribution in [1.29, 1.82) is 0 Å². The molecule has 10 heteroatoms. The highest BCUT2D eigenvalue weighted by atomic mass is 19.4.